The zero-order chi connectivity index (χ0) is 30.9. The largest absolute Gasteiger partial charge is 0.495 e. The van der Waals surface area contributed by atoms with Crippen LogP contribution in [-0.2, 0) is 26.0 Å². The highest BCUT2D eigenvalue weighted by molar-refractivity contribution is 7.92. The summed E-state index contributed by atoms with van der Waals surface area (Å²) in [5.74, 6) is -0.410. The lowest BCUT2D eigenvalue weighted by Gasteiger charge is -2.34. The van der Waals surface area contributed by atoms with Crippen LogP contribution in [0.5, 0.6) is 5.75 Å². The minimum Gasteiger partial charge on any atom is -0.495 e. The van der Waals surface area contributed by atoms with Gasteiger partial charge in [-0.15, -0.1) is 0 Å². The molecule has 0 spiro atoms. The highest BCUT2D eigenvalue weighted by atomic mass is 32.2. The number of amides is 2. The Kier molecular flexibility index (Phi) is 11.6. The van der Waals surface area contributed by atoms with Gasteiger partial charge in [0.15, 0.2) is 0 Å². The van der Waals surface area contributed by atoms with Gasteiger partial charge in [-0.25, -0.2) is 8.42 Å². The number of sulfonamides is 1. The van der Waals surface area contributed by atoms with Crippen molar-refractivity contribution in [2.24, 2.45) is 0 Å². The number of carbonyl (C=O) groups excluding carboxylic acids is 2. The fourth-order valence-corrected chi connectivity index (χ4v) is 6.10. The maximum absolute atomic E-state index is 14.2. The van der Waals surface area contributed by atoms with E-state index in [-0.39, 0.29) is 29.1 Å². The number of ether oxygens (including phenoxy) is 1. The van der Waals surface area contributed by atoms with Crippen LogP contribution in [0.2, 0.25) is 0 Å². The number of anilines is 1. The van der Waals surface area contributed by atoms with E-state index in [1.165, 1.54) is 24.1 Å². The summed E-state index contributed by atoms with van der Waals surface area (Å²) < 4.78 is 34.9. The molecule has 9 heteroatoms. The molecule has 0 fully saturated rings. The Morgan fingerprint density at radius 3 is 2.14 bits per heavy atom. The van der Waals surface area contributed by atoms with Crippen LogP contribution in [-0.4, -0.2) is 57.4 Å². The maximum Gasteiger partial charge on any atom is 0.264 e. The minimum absolute atomic E-state index is 0.0573. The fourth-order valence-electron chi connectivity index (χ4n) is 4.68. The molecule has 8 nitrogen and oxygen atoms in total. The molecule has 0 saturated heterocycles. The van der Waals surface area contributed by atoms with Gasteiger partial charge in [-0.1, -0.05) is 67.9 Å². The van der Waals surface area contributed by atoms with Crippen LogP contribution in [0.25, 0.3) is 0 Å². The highest BCUT2D eigenvalue weighted by Gasteiger charge is 2.34. The number of nitrogens with zero attached hydrogens (tertiary/aromatic N) is 2. The van der Waals surface area contributed by atoms with Gasteiger partial charge in [-0.05, 0) is 75.4 Å². The van der Waals surface area contributed by atoms with Crippen molar-refractivity contribution in [3.8, 4) is 5.75 Å². The minimum atomic E-state index is -4.19. The van der Waals surface area contributed by atoms with E-state index in [1.54, 1.807) is 24.3 Å². The Bertz CT molecular complexity index is 1440. The quantitative estimate of drug-likeness (QED) is 0.275. The van der Waals surface area contributed by atoms with Crippen LogP contribution >= 0.6 is 0 Å². The summed E-state index contributed by atoms with van der Waals surface area (Å²) in [6, 6.07) is 20.6. The Labute approximate surface area is 250 Å². The van der Waals surface area contributed by atoms with Crippen molar-refractivity contribution in [3.63, 3.8) is 0 Å². The van der Waals surface area contributed by atoms with Crippen molar-refractivity contribution >= 4 is 27.5 Å². The second kappa shape index (κ2) is 14.9. The van der Waals surface area contributed by atoms with Crippen LogP contribution in [0.3, 0.4) is 0 Å². The van der Waals surface area contributed by atoms with E-state index in [0.29, 0.717) is 18.6 Å². The highest BCUT2D eigenvalue weighted by Crippen LogP contribution is 2.33. The van der Waals surface area contributed by atoms with Crippen LogP contribution in [0.4, 0.5) is 5.69 Å². The third-order valence-corrected chi connectivity index (χ3v) is 9.14. The van der Waals surface area contributed by atoms with Gasteiger partial charge in [0.1, 0.15) is 18.3 Å². The smallest absolute Gasteiger partial charge is 0.264 e. The lowest BCUT2D eigenvalue weighted by molar-refractivity contribution is -0.139. The Hall–Kier alpha value is -3.85. The van der Waals surface area contributed by atoms with Crippen LogP contribution in [0.15, 0.2) is 77.7 Å². The molecule has 3 rings (SSSR count). The average molecular weight is 594 g/mol. The predicted molar refractivity (Wildman–Crippen MR) is 167 cm³/mol. The van der Waals surface area contributed by atoms with Crippen molar-refractivity contribution in [1.29, 1.82) is 0 Å². The van der Waals surface area contributed by atoms with Crippen molar-refractivity contribution < 1.29 is 22.7 Å². The first-order valence-corrected chi connectivity index (χ1v) is 15.8. The van der Waals surface area contributed by atoms with Gasteiger partial charge in [-0.3, -0.25) is 13.9 Å². The van der Waals surface area contributed by atoms with Gasteiger partial charge in [0, 0.05) is 12.6 Å². The van der Waals surface area contributed by atoms with Crippen molar-refractivity contribution in [1.82, 2.24) is 10.2 Å². The summed E-state index contributed by atoms with van der Waals surface area (Å²) in [7, 11) is -2.72. The van der Waals surface area contributed by atoms with Gasteiger partial charge in [-0.2, -0.15) is 0 Å². The van der Waals surface area contributed by atoms with E-state index in [1.807, 2.05) is 71.0 Å². The fraction of sp³-hybridized carbons (Fsp3) is 0.394. The van der Waals surface area contributed by atoms with E-state index in [9.17, 15) is 18.0 Å². The number of hydrogen-bond acceptors (Lipinski definition) is 5. The van der Waals surface area contributed by atoms with E-state index in [2.05, 4.69) is 5.32 Å². The van der Waals surface area contributed by atoms with Crippen LogP contribution in [0, 0.1) is 13.8 Å². The number of benzene rings is 3. The molecule has 2 amide bonds. The van der Waals surface area contributed by atoms with E-state index < -0.39 is 28.5 Å². The van der Waals surface area contributed by atoms with Gasteiger partial charge in [0.2, 0.25) is 11.8 Å². The number of methoxy groups -OCH3 is 1. The topological polar surface area (TPSA) is 96.0 Å². The predicted octanol–water partition coefficient (Wildman–Crippen LogP) is 5.27. The first-order chi connectivity index (χ1) is 20.0. The van der Waals surface area contributed by atoms with E-state index in [4.69, 9.17) is 4.74 Å². The van der Waals surface area contributed by atoms with Crippen LogP contribution < -0.4 is 14.4 Å². The molecule has 0 heterocycles. The van der Waals surface area contributed by atoms with Crippen molar-refractivity contribution in [3.05, 3.63) is 89.5 Å². The second-order valence-electron chi connectivity index (χ2n) is 10.6. The first-order valence-electron chi connectivity index (χ1n) is 14.4. The van der Waals surface area contributed by atoms with Crippen molar-refractivity contribution in [2.75, 3.05) is 24.5 Å². The number of rotatable bonds is 14. The number of carbonyl (C=O) groups is 2. The normalized spacial score (nSPS) is 12.7. The molecule has 0 saturated carbocycles. The standard InChI is InChI=1S/C33H43N3O5S/c1-7-26(5)34-33(38)29(8-2)35(21-20-27-12-10-9-11-13-27)32(37)23-36(30-22-25(4)16-19-31(30)41-6)42(39,40)28-17-14-24(3)15-18-28/h9-19,22,26,29H,7-8,20-21,23H2,1-6H3,(H,34,38)/t26-,29+/m1/s1. The molecule has 0 aromatic heterocycles. The van der Waals surface area contributed by atoms with Gasteiger partial charge < -0.3 is 15.0 Å². The maximum atomic E-state index is 14.2. The third-order valence-electron chi connectivity index (χ3n) is 7.36. The van der Waals surface area contributed by atoms with Crippen LogP contribution in [0.1, 0.15) is 50.3 Å². The van der Waals surface area contributed by atoms with E-state index >= 15 is 0 Å². The molecule has 2 atom stereocenters. The molecule has 0 radical (unpaired) electrons. The molecule has 226 valence electrons. The van der Waals surface area contributed by atoms with Crippen molar-refractivity contribution in [2.45, 2.75) is 70.9 Å². The molecule has 0 unspecified atom stereocenters. The lowest BCUT2D eigenvalue weighted by atomic mass is 10.1. The molecule has 3 aromatic carbocycles. The molecule has 0 aliphatic carbocycles. The Balaban J connectivity index is 2.08. The van der Waals surface area contributed by atoms with Gasteiger partial charge in [0.05, 0.1) is 17.7 Å². The second-order valence-corrected chi connectivity index (χ2v) is 12.4. The molecule has 1 N–H and O–H groups in total. The average Bonchev–Trinajstić information content (AvgIpc) is 2.98. The molecule has 0 aliphatic rings. The monoisotopic (exact) mass is 593 g/mol. The Morgan fingerprint density at radius 2 is 1.55 bits per heavy atom. The zero-order valence-electron chi connectivity index (χ0n) is 25.5. The SMILES string of the molecule is CC[C@@H](C)NC(=O)[C@H](CC)N(CCc1ccccc1)C(=O)CN(c1cc(C)ccc1OC)S(=O)(=O)c1ccc(C)cc1. The summed E-state index contributed by atoms with van der Waals surface area (Å²) in [5.41, 5.74) is 2.99. The summed E-state index contributed by atoms with van der Waals surface area (Å²) >= 11 is 0. The number of aryl methyl sites for hydroxylation is 2. The number of nitrogens with one attached hydrogen (secondary N) is 1. The van der Waals surface area contributed by atoms with Gasteiger partial charge in [0.25, 0.3) is 10.0 Å². The summed E-state index contributed by atoms with van der Waals surface area (Å²) in [6.45, 7) is 9.22. The number of hydrogen-bond donors (Lipinski definition) is 1. The first kappa shape index (κ1) is 32.7. The summed E-state index contributed by atoms with van der Waals surface area (Å²) in [5, 5.41) is 3.00. The molecule has 3 aromatic rings. The molecule has 42 heavy (non-hydrogen) atoms. The van der Waals surface area contributed by atoms with E-state index in [0.717, 1.165) is 27.4 Å². The molecule has 0 aliphatic heterocycles. The van der Waals surface area contributed by atoms with Gasteiger partial charge >= 0.3 is 0 Å². The molecular weight excluding hydrogens is 550 g/mol. The molecular formula is C33H43N3O5S. The summed E-state index contributed by atoms with van der Waals surface area (Å²) in [6.07, 6.45) is 1.63. The zero-order valence-corrected chi connectivity index (χ0v) is 26.3. The summed E-state index contributed by atoms with van der Waals surface area (Å²) in [4.78, 5) is 29.2. The molecule has 0 bridgehead atoms. The Morgan fingerprint density at radius 1 is 0.905 bits per heavy atom. The lowest BCUT2D eigenvalue weighted by Crippen LogP contribution is -2.54. The third kappa shape index (κ3) is 8.12.